The van der Waals surface area contributed by atoms with Crippen LogP contribution in [0.3, 0.4) is 0 Å². The number of benzene rings is 3. The molecule has 1 aliphatic carbocycles. The highest BCUT2D eigenvalue weighted by Gasteiger charge is 2.22. The first-order valence-electron chi connectivity index (χ1n) is 12.4. The Morgan fingerprint density at radius 2 is 1.58 bits per heavy atom. The molecule has 2 N–H and O–H groups in total. The van der Waals surface area contributed by atoms with Crippen molar-refractivity contribution in [3.05, 3.63) is 93.5 Å². The number of carbonyl (C=O) groups is 2. The number of amides is 2. The summed E-state index contributed by atoms with van der Waals surface area (Å²) in [4.78, 5) is 25.9. The largest absolute Gasteiger partial charge is 0.349 e. The molecule has 1 saturated carbocycles. The summed E-state index contributed by atoms with van der Waals surface area (Å²) in [5.41, 5.74) is 2.11. The van der Waals surface area contributed by atoms with Crippen LogP contribution >= 0.6 is 23.2 Å². The number of carbonyl (C=O) groups excluding carboxylic acids is 2. The highest BCUT2D eigenvalue weighted by Crippen LogP contribution is 2.34. The number of nitrogens with one attached hydrogen (secondary N) is 2. The summed E-state index contributed by atoms with van der Waals surface area (Å²) in [6, 6.07) is 18.4. The lowest BCUT2D eigenvalue weighted by Crippen LogP contribution is -2.36. The Labute approximate surface area is 233 Å². The molecule has 3 aromatic rings. The van der Waals surface area contributed by atoms with E-state index >= 15 is 0 Å². The minimum atomic E-state index is -3.67. The Balaban J connectivity index is 1.47. The zero-order valence-electron chi connectivity index (χ0n) is 20.9. The zero-order chi connectivity index (χ0) is 27.3. The van der Waals surface area contributed by atoms with Crippen LogP contribution in [0.4, 0.5) is 11.4 Å². The van der Waals surface area contributed by atoms with Crippen LogP contribution < -0.4 is 14.9 Å². The molecule has 0 aliphatic heterocycles. The zero-order valence-corrected chi connectivity index (χ0v) is 23.2. The van der Waals surface area contributed by atoms with Crippen molar-refractivity contribution < 1.29 is 18.0 Å². The van der Waals surface area contributed by atoms with E-state index in [0.717, 1.165) is 36.2 Å². The van der Waals surface area contributed by atoms with Crippen LogP contribution in [-0.4, -0.2) is 32.5 Å². The number of anilines is 2. The third kappa shape index (κ3) is 6.87. The van der Waals surface area contributed by atoms with E-state index in [1.54, 1.807) is 66.7 Å². The molecule has 0 spiro atoms. The summed E-state index contributed by atoms with van der Waals surface area (Å²) in [6.07, 6.45) is 6.42. The van der Waals surface area contributed by atoms with Crippen LogP contribution in [0, 0.1) is 0 Å². The van der Waals surface area contributed by atoms with Gasteiger partial charge < -0.3 is 10.6 Å². The molecule has 2 amide bonds. The van der Waals surface area contributed by atoms with E-state index in [9.17, 15) is 18.0 Å². The Morgan fingerprint density at radius 3 is 2.26 bits per heavy atom. The lowest BCUT2D eigenvalue weighted by atomic mass is 9.95. The molecule has 0 radical (unpaired) electrons. The van der Waals surface area contributed by atoms with Crippen LogP contribution in [0.25, 0.3) is 0 Å². The Morgan fingerprint density at radius 1 is 0.895 bits per heavy atom. The molecule has 10 heteroatoms. The third-order valence-corrected chi connectivity index (χ3v) is 8.44. The van der Waals surface area contributed by atoms with Crippen molar-refractivity contribution in [2.75, 3.05) is 15.9 Å². The number of hydrogen-bond acceptors (Lipinski definition) is 4. The number of nitrogens with zero attached hydrogens (tertiary/aromatic N) is 1. The van der Waals surface area contributed by atoms with Crippen LogP contribution in [0.5, 0.6) is 0 Å². The van der Waals surface area contributed by atoms with E-state index in [-0.39, 0.29) is 40.1 Å². The van der Waals surface area contributed by atoms with Gasteiger partial charge in [-0.2, -0.15) is 0 Å². The van der Waals surface area contributed by atoms with Gasteiger partial charge in [0.1, 0.15) is 0 Å². The Kier molecular flexibility index (Phi) is 8.97. The summed E-state index contributed by atoms with van der Waals surface area (Å²) in [5.74, 6) is -0.587. The second kappa shape index (κ2) is 12.2. The lowest BCUT2D eigenvalue weighted by molar-refractivity contribution is 0.0928. The van der Waals surface area contributed by atoms with Crippen LogP contribution in [0.1, 0.15) is 58.4 Å². The van der Waals surface area contributed by atoms with Gasteiger partial charge >= 0.3 is 0 Å². The fourth-order valence-corrected chi connectivity index (χ4v) is 5.83. The predicted octanol–water partition coefficient (Wildman–Crippen LogP) is 6.27. The number of sulfonamides is 1. The molecule has 3 aromatic carbocycles. The second-order valence-electron chi connectivity index (χ2n) is 9.35. The monoisotopic (exact) mass is 573 g/mol. The molecule has 0 aromatic heterocycles. The highest BCUT2D eigenvalue weighted by atomic mass is 35.5. The van der Waals surface area contributed by atoms with Gasteiger partial charge in [0.25, 0.3) is 11.8 Å². The van der Waals surface area contributed by atoms with Gasteiger partial charge in [-0.15, -0.1) is 0 Å². The maximum atomic E-state index is 13.0. The average Bonchev–Trinajstić information content (AvgIpc) is 2.89. The van der Waals surface area contributed by atoms with E-state index in [4.69, 9.17) is 23.2 Å². The summed E-state index contributed by atoms with van der Waals surface area (Å²) >= 11 is 12.4. The molecule has 7 nitrogen and oxygen atoms in total. The lowest BCUT2D eigenvalue weighted by Gasteiger charge is -2.24. The van der Waals surface area contributed by atoms with Gasteiger partial charge in [0, 0.05) is 11.6 Å². The SMILES string of the molecule is CS(=O)(=O)N(Cc1ccc(C(=O)Nc2ccccc2C(=O)NC2CCCCC2)cc1)c1cccc(Cl)c1Cl. The summed E-state index contributed by atoms with van der Waals surface area (Å²) in [5, 5.41) is 6.30. The Bertz CT molecular complexity index is 1420. The smallest absolute Gasteiger partial charge is 0.255 e. The molecular weight excluding hydrogens is 545 g/mol. The fourth-order valence-electron chi connectivity index (χ4n) is 4.49. The van der Waals surface area contributed by atoms with Gasteiger partial charge in [-0.25, -0.2) is 8.42 Å². The van der Waals surface area contributed by atoms with E-state index in [1.807, 2.05) is 0 Å². The molecule has 200 valence electrons. The maximum Gasteiger partial charge on any atom is 0.255 e. The van der Waals surface area contributed by atoms with Gasteiger partial charge in [0.05, 0.1) is 39.8 Å². The van der Waals surface area contributed by atoms with Gasteiger partial charge in [0.15, 0.2) is 0 Å². The Hall–Kier alpha value is -3.07. The minimum absolute atomic E-state index is 0.00493. The molecule has 1 aliphatic rings. The molecular formula is C28H29Cl2N3O4S. The predicted molar refractivity (Wildman–Crippen MR) is 153 cm³/mol. The van der Waals surface area contributed by atoms with E-state index in [0.29, 0.717) is 22.4 Å². The topological polar surface area (TPSA) is 95.6 Å². The molecule has 1 fully saturated rings. The average molecular weight is 575 g/mol. The highest BCUT2D eigenvalue weighted by molar-refractivity contribution is 7.92. The maximum absolute atomic E-state index is 13.0. The number of hydrogen-bond donors (Lipinski definition) is 2. The first-order valence-corrected chi connectivity index (χ1v) is 15.0. The van der Waals surface area contributed by atoms with Crippen molar-refractivity contribution >= 4 is 56.4 Å². The molecule has 0 heterocycles. The summed E-state index contributed by atoms with van der Waals surface area (Å²) in [7, 11) is -3.67. The summed E-state index contributed by atoms with van der Waals surface area (Å²) in [6.45, 7) is 0.00493. The standard InChI is InChI=1S/C28H29Cl2N3O4S/c1-38(36,37)33(25-13-7-11-23(29)26(25)30)18-19-14-16-20(17-15-19)27(34)32-24-12-6-5-10-22(24)28(35)31-21-8-3-2-4-9-21/h5-7,10-17,21H,2-4,8-9,18H2,1H3,(H,31,35)(H,32,34). The first kappa shape index (κ1) is 28.0. The second-order valence-corrected chi connectivity index (χ2v) is 12.0. The first-order chi connectivity index (χ1) is 18.1. The van der Waals surface area contributed by atoms with E-state index < -0.39 is 10.0 Å². The van der Waals surface area contributed by atoms with Crippen LogP contribution in [0.15, 0.2) is 66.7 Å². The normalized spacial score (nSPS) is 14.1. The van der Waals surface area contributed by atoms with Crippen molar-refractivity contribution in [1.29, 1.82) is 0 Å². The van der Waals surface area contributed by atoms with Gasteiger partial charge in [0.2, 0.25) is 10.0 Å². The minimum Gasteiger partial charge on any atom is -0.349 e. The molecule has 0 bridgehead atoms. The third-order valence-electron chi connectivity index (χ3n) is 6.50. The van der Waals surface area contributed by atoms with Crippen LogP contribution in [0.2, 0.25) is 10.0 Å². The molecule has 38 heavy (non-hydrogen) atoms. The van der Waals surface area contributed by atoms with Gasteiger partial charge in [-0.1, -0.05) is 72.8 Å². The summed E-state index contributed by atoms with van der Waals surface area (Å²) < 4.78 is 26.2. The molecule has 4 rings (SSSR count). The number of para-hydroxylation sites is 1. The fraction of sp³-hybridized carbons (Fsp3) is 0.286. The molecule has 0 saturated heterocycles. The van der Waals surface area contributed by atoms with Crippen molar-refractivity contribution in [3.63, 3.8) is 0 Å². The number of halogens is 2. The molecule has 0 unspecified atom stereocenters. The number of rotatable bonds is 8. The quantitative estimate of drug-likeness (QED) is 0.331. The van der Waals surface area contributed by atoms with Crippen molar-refractivity contribution in [2.24, 2.45) is 0 Å². The molecule has 0 atom stereocenters. The van der Waals surface area contributed by atoms with Crippen molar-refractivity contribution in [2.45, 2.75) is 44.7 Å². The van der Waals surface area contributed by atoms with E-state index in [2.05, 4.69) is 10.6 Å². The van der Waals surface area contributed by atoms with E-state index in [1.165, 1.54) is 6.42 Å². The van der Waals surface area contributed by atoms with Gasteiger partial charge in [-0.3, -0.25) is 13.9 Å². The van der Waals surface area contributed by atoms with Crippen LogP contribution in [-0.2, 0) is 16.6 Å². The van der Waals surface area contributed by atoms with Crippen molar-refractivity contribution in [1.82, 2.24) is 5.32 Å². The van der Waals surface area contributed by atoms with Gasteiger partial charge in [-0.05, 0) is 54.8 Å². The van der Waals surface area contributed by atoms with Crippen molar-refractivity contribution in [3.8, 4) is 0 Å².